The summed E-state index contributed by atoms with van der Waals surface area (Å²) < 4.78 is 10.5. The Hall–Kier alpha value is -0.540. The molecule has 2 atom stereocenters. The van der Waals surface area contributed by atoms with E-state index in [9.17, 15) is 5.11 Å². The van der Waals surface area contributed by atoms with Crippen LogP contribution in [0.3, 0.4) is 0 Å². The van der Waals surface area contributed by atoms with Gasteiger partial charge in [0, 0.05) is 18.9 Å². The molecule has 0 radical (unpaired) electrons. The number of hydrogen-bond acceptors (Lipinski definition) is 3. The fourth-order valence-electron chi connectivity index (χ4n) is 1.68. The molecule has 68 valence electrons. The van der Waals surface area contributed by atoms with Gasteiger partial charge in [0.05, 0.1) is 13.2 Å². The molecular formula is C9H14O3. The predicted octanol–water partition coefficient (Wildman–Crippen LogP) is 0.688. The lowest BCUT2D eigenvalue weighted by molar-refractivity contribution is 0.0660. The highest BCUT2D eigenvalue weighted by atomic mass is 16.5. The highest BCUT2D eigenvalue weighted by Gasteiger charge is 2.28. The first-order valence-electron chi connectivity index (χ1n) is 4.46. The van der Waals surface area contributed by atoms with Gasteiger partial charge in [0.15, 0.2) is 0 Å². The maximum Gasteiger partial charge on any atom is 0.121 e. The second-order valence-corrected chi connectivity index (χ2v) is 3.31. The molecule has 1 saturated heterocycles. The standard InChI is InChI=1S/C9H14O3/c10-9(7-3-5-11-6-7)8-2-1-4-12-8/h2,7,9-10H,1,3-6H2. The van der Waals surface area contributed by atoms with E-state index >= 15 is 0 Å². The summed E-state index contributed by atoms with van der Waals surface area (Å²) in [6, 6.07) is 0. The van der Waals surface area contributed by atoms with Crippen LogP contribution in [0.5, 0.6) is 0 Å². The van der Waals surface area contributed by atoms with Crippen LogP contribution in [0.1, 0.15) is 12.8 Å². The van der Waals surface area contributed by atoms with Crippen molar-refractivity contribution >= 4 is 0 Å². The van der Waals surface area contributed by atoms with Gasteiger partial charge >= 0.3 is 0 Å². The van der Waals surface area contributed by atoms with Crippen molar-refractivity contribution in [3.8, 4) is 0 Å². The van der Waals surface area contributed by atoms with Crippen LogP contribution in [0.4, 0.5) is 0 Å². The topological polar surface area (TPSA) is 38.7 Å². The van der Waals surface area contributed by atoms with Crippen LogP contribution in [0.2, 0.25) is 0 Å². The summed E-state index contributed by atoms with van der Waals surface area (Å²) in [5.41, 5.74) is 0. The van der Waals surface area contributed by atoms with Gasteiger partial charge in [-0.3, -0.25) is 0 Å². The van der Waals surface area contributed by atoms with Gasteiger partial charge in [0.1, 0.15) is 11.9 Å². The van der Waals surface area contributed by atoms with Gasteiger partial charge in [-0.05, 0) is 12.5 Å². The molecule has 0 aromatic heterocycles. The van der Waals surface area contributed by atoms with Gasteiger partial charge in [0.2, 0.25) is 0 Å². The number of rotatable bonds is 2. The van der Waals surface area contributed by atoms with Crippen molar-refractivity contribution in [3.05, 3.63) is 11.8 Å². The van der Waals surface area contributed by atoms with Gasteiger partial charge < -0.3 is 14.6 Å². The van der Waals surface area contributed by atoms with E-state index in [0.29, 0.717) is 6.61 Å². The quantitative estimate of drug-likeness (QED) is 0.662. The van der Waals surface area contributed by atoms with E-state index in [1.54, 1.807) is 0 Å². The molecular weight excluding hydrogens is 156 g/mol. The van der Waals surface area contributed by atoms with E-state index < -0.39 is 6.10 Å². The molecule has 0 saturated carbocycles. The van der Waals surface area contributed by atoms with Crippen LogP contribution >= 0.6 is 0 Å². The molecule has 0 spiro atoms. The SMILES string of the molecule is OC(C1=CCCO1)C1CCOC1. The maximum absolute atomic E-state index is 9.78. The van der Waals surface area contributed by atoms with E-state index in [-0.39, 0.29) is 5.92 Å². The number of ether oxygens (including phenoxy) is 2. The fraction of sp³-hybridized carbons (Fsp3) is 0.778. The molecule has 0 bridgehead atoms. The zero-order valence-electron chi connectivity index (χ0n) is 7.03. The van der Waals surface area contributed by atoms with Crippen LogP contribution in [0, 0.1) is 5.92 Å². The molecule has 2 aliphatic rings. The van der Waals surface area contributed by atoms with Gasteiger partial charge in [-0.2, -0.15) is 0 Å². The summed E-state index contributed by atoms with van der Waals surface area (Å²) in [6.07, 6.45) is 3.42. The van der Waals surface area contributed by atoms with Crippen molar-refractivity contribution in [3.63, 3.8) is 0 Å². The molecule has 1 fully saturated rings. The summed E-state index contributed by atoms with van der Waals surface area (Å²) in [5, 5.41) is 9.78. The molecule has 2 rings (SSSR count). The highest BCUT2D eigenvalue weighted by molar-refractivity contribution is 5.06. The average Bonchev–Trinajstić information content (AvgIpc) is 2.77. The van der Waals surface area contributed by atoms with Crippen molar-refractivity contribution < 1.29 is 14.6 Å². The molecule has 0 aromatic carbocycles. The molecule has 1 N–H and O–H groups in total. The van der Waals surface area contributed by atoms with Crippen molar-refractivity contribution in [2.75, 3.05) is 19.8 Å². The van der Waals surface area contributed by atoms with Crippen LogP contribution in [-0.2, 0) is 9.47 Å². The first-order valence-corrected chi connectivity index (χ1v) is 4.46. The molecule has 3 heteroatoms. The minimum absolute atomic E-state index is 0.245. The lowest BCUT2D eigenvalue weighted by Crippen LogP contribution is -2.23. The summed E-state index contributed by atoms with van der Waals surface area (Å²) >= 11 is 0. The largest absolute Gasteiger partial charge is 0.495 e. The van der Waals surface area contributed by atoms with Gasteiger partial charge in [-0.15, -0.1) is 0 Å². The molecule has 2 unspecified atom stereocenters. The number of hydrogen-bond donors (Lipinski definition) is 1. The van der Waals surface area contributed by atoms with Crippen LogP contribution in [-0.4, -0.2) is 31.0 Å². The Labute approximate surface area is 72.0 Å². The monoisotopic (exact) mass is 170 g/mol. The van der Waals surface area contributed by atoms with Crippen molar-refractivity contribution in [2.24, 2.45) is 5.92 Å². The van der Waals surface area contributed by atoms with Crippen LogP contribution < -0.4 is 0 Å². The normalized spacial score (nSPS) is 31.4. The lowest BCUT2D eigenvalue weighted by atomic mass is 10.0. The zero-order valence-corrected chi connectivity index (χ0v) is 7.03. The third kappa shape index (κ3) is 1.47. The number of aliphatic hydroxyl groups excluding tert-OH is 1. The summed E-state index contributed by atoms with van der Waals surface area (Å²) in [7, 11) is 0. The molecule has 0 aliphatic carbocycles. The molecule has 0 aromatic rings. The van der Waals surface area contributed by atoms with Gasteiger partial charge in [-0.1, -0.05) is 0 Å². The maximum atomic E-state index is 9.78. The Bertz CT molecular complexity index is 182. The predicted molar refractivity (Wildman–Crippen MR) is 43.6 cm³/mol. The second-order valence-electron chi connectivity index (χ2n) is 3.31. The minimum atomic E-state index is -0.435. The Morgan fingerprint density at radius 3 is 3.00 bits per heavy atom. The van der Waals surface area contributed by atoms with Gasteiger partial charge in [-0.25, -0.2) is 0 Å². The molecule has 12 heavy (non-hydrogen) atoms. The second kappa shape index (κ2) is 3.46. The van der Waals surface area contributed by atoms with E-state index in [1.807, 2.05) is 6.08 Å². The van der Waals surface area contributed by atoms with E-state index in [2.05, 4.69) is 0 Å². The summed E-state index contributed by atoms with van der Waals surface area (Å²) in [5.74, 6) is 1.000. The van der Waals surface area contributed by atoms with Crippen LogP contribution in [0.25, 0.3) is 0 Å². The van der Waals surface area contributed by atoms with E-state index in [4.69, 9.17) is 9.47 Å². The van der Waals surface area contributed by atoms with Crippen molar-refractivity contribution in [2.45, 2.75) is 18.9 Å². The number of aliphatic hydroxyl groups is 1. The lowest BCUT2D eigenvalue weighted by Gasteiger charge is -2.16. The Balaban J connectivity index is 1.93. The van der Waals surface area contributed by atoms with Gasteiger partial charge in [0.25, 0.3) is 0 Å². The van der Waals surface area contributed by atoms with Crippen LogP contribution in [0.15, 0.2) is 11.8 Å². The average molecular weight is 170 g/mol. The fourth-order valence-corrected chi connectivity index (χ4v) is 1.68. The summed E-state index contributed by atoms with van der Waals surface area (Å²) in [6.45, 7) is 2.16. The molecule has 3 nitrogen and oxygen atoms in total. The Morgan fingerprint density at radius 1 is 1.50 bits per heavy atom. The van der Waals surface area contributed by atoms with E-state index in [0.717, 1.165) is 31.8 Å². The van der Waals surface area contributed by atoms with Crippen molar-refractivity contribution in [1.29, 1.82) is 0 Å². The molecule has 0 amide bonds. The first-order chi connectivity index (χ1) is 5.88. The highest BCUT2D eigenvalue weighted by Crippen LogP contribution is 2.24. The zero-order chi connectivity index (χ0) is 8.39. The first kappa shape index (κ1) is 8.08. The van der Waals surface area contributed by atoms with Crippen molar-refractivity contribution in [1.82, 2.24) is 0 Å². The minimum Gasteiger partial charge on any atom is -0.495 e. The Kier molecular flexibility index (Phi) is 2.33. The summed E-state index contributed by atoms with van der Waals surface area (Å²) in [4.78, 5) is 0. The Morgan fingerprint density at radius 2 is 2.42 bits per heavy atom. The third-order valence-corrected chi connectivity index (χ3v) is 2.44. The molecule has 2 aliphatic heterocycles. The molecule has 2 heterocycles. The smallest absolute Gasteiger partial charge is 0.121 e. The third-order valence-electron chi connectivity index (χ3n) is 2.44. The van der Waals surface area contributed by atoms with E-state index in [1.165, 1.54) is 0 Å².